The van der Waals surface area contributed by atoms with Crippen LogP contribution in [0.2, 0.25) is 0 Å². The minimum absolute atomic E-state index is 0.00286. The second-order valence-corrected chi connectivity index (χ2v) is 6.43. The molecule has 2 aromatic rings. The van der Waals surface area contributed by atoms with Gasteiger partial charge in [-0.3, -0.25) is 4.79 Å². The lowest BCUT2D eigenvalue weighted by Crippen LogP contribution is -2.44. The van der Waals surface area contributed by atoms with Gasteiger partial charge in [-0.05, 0) is 36.1 Å². The highest BCUT2D eigenvalue weighted by molar-refractivity contribution is 5.74. The summed E-state index contributed by atoms with van der Waals surface area (Å²) in [5.74, 6) is -0.881. The third-order valence-corrected chi connectivity index (χ3v) is 4.21. The van der Waals surface area contributed by atoms with Crippen molar-refractivity contribution >= 4 is 12.0 Å². The number of amides is 2. The molecule has 0 aliphatic carbocycles. The summed E-state index contributed by atoms with van der Waals surface area (Å²) in [6.45, 7) is 0.397. The molecule has 2 amide bonds. The molecule has 6 nitrogen and oxygen atoms in total. The molecule has 0 aromatic heterocycles. The van der Waals surface area contributed by atoms with Crippen LogP contribution in [0.5, 0.6) is 0 Å². The Morgan fingerprint density at radius 1 is 1.11 bits per heavy atom. The Hall–Kier alpha value is -3.33. The molecule has 0 radical (unpaired) electrons. The molecule has 6 heteroatoms. The van der Waals surface area contributed by atoms with Gasteiger partial charge in [-0.2, -0.15) is 5.26 Å². The van der Waals surface area contributed by atoms with Gasteiger partial charge in [-0.1, -0.05) is 42.5 Å². The van der Waals surface area contributed by atoms with Crippen LogP contribution < -0.4 is 5.32 Å². The van der Waals surface area contributed by atoms with Gasteiger partial charge in [0.1, 0.15) is 0 Å². The van der Waals surface area contributed by atoms with Crippen molar-refractivity contribution in [3.05, 3.63) is 71.3 Å². The first-order valence-electron chi connectivity index (χ1n) is 8.74. The van der Waals surface area contributed by atoms with Crippen molar-refractivity contribution in [2.75, 3.05) is 7.05 Å². The fraction of sp³-hybridized carbons (Fsp3) is 0.286. The van der Waals surface area contributed by atoms with Gasteiger partial charge in [0, 0.05) is 26.1 Å². The molecule has 0 spiro atoms. The minimum atomic E-state index is -0.881. The molecule has 0 saturated carbocycles. The Morgan fingerprint density at radius 2 is 1.78 bits per heavy atom. The van der Waals surface area contributed by atoms with E-state index in [4.69, 9.17) is 10.4 Å². The second-order valence-electron chi connectivity index (χ2n) is 6.43. The van der Waals surface area contributed by atoms with Crippen molar-refractivity contribution in [3.8, 4) is 6.07 Å². The summed E-state index contributed by atoms with van der Waals surface area (Å²) < 4.78 is 0. The Bertz CT molecular complexity index is 798. The number of nitrogens with zero attached hydrogens (tertiary/aromatic N) is 2. The number of hydrogen-bond donors (Lipinski definition) is 2. The summed E-state index contributed by atoms with van der Waals surface area (Å²) in [7, 11) is 1.68. The van der Waals surface area contributed by atoms with Crippen LogP contribution in [0.25, 0.3) is 0 Å². The van der Waals surface area contributed by atoms with E-state index >= 15 is 0 Å². The van der Waals surface area contributed by atoms with Crippen LogP contribution in [0.3, 0.4) is 0 Å². The number of nitriles is 1. The molecule has 0 aliphatic heterocycles. The predicted molar refractivity (Wildman–Crippen MR) is 102 cm³/mol. The van der Waals surface area contributed by atoms with E-state index in [0.29, 0.717) is 24.9 Å². The molecule has 0 saturated heterocycles. The molecule has 1 atom stereocenters. The molecule has 1 unspecified atom stereocenters. The molecule has 0 fully saturated rings. The third kappa shape index (κ3) is 6.83. The number of hydrogen-bond acceptors (Lipinski definition) is 3. The zero-order chi connectivity index (χ0) is 19.6. The molecular weight excluding hydrogens is 342 g/mol. The van der Waals surface area contributed by atoms with Crippen molar-refractivity contribution < 1.29 is 14.7 Å². The van der Waals surface area contributed by atoms with E-state index in [1.807, 2.05) is 42.5 Å². The van der Waals surface area contributed by atoms with Crippen molar-refractivity contribution in [3.63, 3.8) is 0 Å². The number of nitrogens with one attached hydrogen (secondary N) is 1. The van der Waals surface area contributed by atoms with Crippen molar-refractivity contribution in [1.29, 1.82) is 5.26 Å². The molecule has 0 aliphatic rings. The third-order valence-electron chi connectivity index (χ3n) is 4.21. The molecule has 27 heavy (non-hydrogen) atoms. The molecule has 0 heterocycles. The van der Waals surface area contributed by atoms with Gasteiger partial charge in [-0.25, -0.2) is 4.79 Å². The molecule has 2 rings (SSSR count). The standard InChI is InChI=1S/C21H23N3O3/c1-24(15-18-9-7-17(14-22)8-10-18)21(27)23-19(11-12-20(25)26)13-16-5-3-2-4-6-16/h2-10,19H,11-13,15H2,1H3,(H,23,27)(H,25,26). The maximum absolute atomic E-state index is 12.5. The quantitative estimate of drug-likeness (QED) is 0.751. The first-order chi connectivity index (χ1) is 13.0. The number of urea groups is 1. The molecule has 2 aromatic carbocycles. The average molecular weight is 365 g/mol. The summed E-state index contributed by atoms with van der Waals surface area (Å²) >= 11 is 0. The van der Waals surface area contributed by atoms with Gasteiger partial charge in [-0.15, -0.1) is 0 Å². The number of aliphatic carboxylic acids is 1. The van der Waals surface area contributed by atoms with Gasteiger partial charge in [0.05, 0.1) is 11.6 Å². The number of benzene rings is 2. The molecular formula is C21H23N3O3. The Labute approximate surface area is 159 Å². The first-order valence-corrected chi connectivity index (χ1v) is 8.74. The summed E-state index contributed by atoms with van der Waals surface area (Å²) in [4.78, 5) is 25.0. The van der Waals surface area contributed by atoms with E-state index in [1.165, 1.54) is 0 Å². The van der Waals surface area contributed by atoms with Crippen LogP contribution in [0.1, 0.15) is 29.5 Å². The van der Waals surface area contributed by atoms with Crippen LogP contribution in [-0.2, 0) is 17.8 Å². The van der Waals surface area contributed by atoms with Gasteiger partial charge in [0.15, 0.2) is 0 Å². The first kappa shape index (κ1) is 20.0. The van der Waals surface area contributed by atoms with Crippen LogP contribution in [0.15, 0.2) is 54.6 Å². The zero-order valence-corrected chi connectivity index (χ0v) is 15.3. The summed E-state index contributed by atoms with van der Waals surface area (Å²) in [5.41, 5.74) is 2.53. The van der Waals surface area contributed by atoms with E-state index < -0.39 is 5.97 Å². The average Bonchev–Trinajstić information content (AvgIpc) is 2.67. The summed E-state index contributed by atoms with van der Waals surface area (Å²) in [6, 6.07) is 18.3. The number of rotatable bonds is 8. The van der Waals surface area contributed by atoms with Crippen LogP contribution >= 0.6 is 0 Å². The number of carbonyl (C=O) groups excluding carboxylic acids is 1. The second kappa shape index (κ2) is 9.97. The highest BCUT2D eigenvalue weighted by Gasteiger charge is 2.17. The zero-order valence-electron chi connectivity index (χ0n) is 15.3. The van der Waals surface area contributed by atoms with Crippen molar-refractivity contribution in [2.45, 2.75) is 31.8 Å². The Kier molecular flexibility index (Phi) is 7.38. The number of carboxylic acid groups (broad SMARTS) is 1. The highest BCUT2D eigenvalue weighted by atomic mass is 16.4. The van der Waals surface area contributed by atoms with E-state index in [2.05, 4.69) is 11.4 Å². The van der Waals surface area contributed by atoms with Gasteiger partial charge >= 0.3 is 12.0 Å². The van der Waals surface area contributed by atoms with Crippen LogP contribution in [0.4, 0.5) is 4.79 Å². The molecule has 0 bridgehead atoms. The maximum Gasteiger partial charge on any atom is 0.317 e. The minimum Gasteiger partial charge on any atom is -0.481 e. The van der Waals surface area contributed by atoms with Crippen molar-refractivity contribution in [2.24, 2.45) is 0 Å². The number of carbonyl (C=O) groups is 2. The number of carboxylic acids is 1. The maximum atomic E-state index is 12.5. The van der Waals surface area contributed by atoms with E-state index in [1.54, 1.807) is 24.1 Å². The summed E-state index contributed by atoms with van der Waals surface area (Å²) in [6.07, 6.45) is 0.933. The lowest BCUT2D eigenvalue weighted by molar-refractivity contribution is -0.137. The van der Waals surface area contributed by atoms with Crippen LogP contribution in [-0.4, -0.2) is 35.1 Å². The van der Waals surface area contributed by atoms with Crippen molar-refractivity contribution in [1.82, 2.24) is 10.2 Å². The fourth-order valence-electron chi connectivity index (χ4n) is 2.74. The van der Waals surface area contributed by atoms with Gasteiger partial charge in [0.25, 0.3) is 0 Å². The largest absolute Gasteiger partial charge is 0.481 e. The monoisotopic (exact) mass is 365 g/mol. The Morgan fingerprint density at radius 3 is 2.37 bits per heavy atom. The lowest BCUT2D eigenvalue weighted by Gasteiger charge is -2.23. The highest BCUT2D eigenvalue weighted by Crippen LogP contribution is 2.10. The fourth-order valence-corrected chi connectivity index (χ4v) is 2.74. The van der Waals surface area contributed by atoms with Crippen LogP contribution in [0, 0.1) is 11.3 Å². The lowest BCUT2D eigenvalue weighted by atomic mass is 10.0. The molecule has 2 N–H and O–H groups in total. The SMILES string of the molecule is CN(Cc1ccc(C#N)cc1)C(=O)NC(CCC(=O)O)Cc1ccccc1. The molecule has 140 valence electrons. The predicted octanol–water partition coefficient (Wildman–Crippen LogP) is 3.18. The van der Waals surface area contributed by atoms with E-state index in [-0.39, 0.29) is 18.5 Å². The smallest absolute Gasteiger partial charge is 0.317 e. The van der Waals surface area contributed by atoms with Gasteiger partial charge in [0.2, 0.25) is 0 Å². The normalized spacial score (nSPS) is 11.3. The Balaban J connectivity index is 1.97. The van der Waals surface area contributed by atoms with E-state index in [9.17, 15) is 9.59 Å². The summed E-state index contributed by atoms with van der Waals surface area (Å²) in [5, 5.41) is 20.7. The van der Waals surface area contributed by atoms with Gasteiger partial charge < -0.3 is 15.3 Å². The topological polar surface area (TPSA) is 93.4 Å². The van der Waals surface area contributed by atoms with E-state index in [0.717, 1.165) is 11.1 Å².